The molecular weight excluding hydrogens is 338 g/mol. The summed E-state index contributed by atoms with van der Waals surface area (Å²) in [5, 5.41) is 7.71. The van der Waals surface area contributed by atoms with Crippen LogP contribution in [0.3, 0.4) is 0 Å². The summed E-state index contributed by atoms with van der Waals surface area (Å²) in [7, 11) is 0. The average Bonchev–Trinajstić information content (AvgIpc) is 2.99. The summed E-state index contributed by atoms with van der Waals surface area (Å²) in [6, 6.07) is 8.38. The highest BCUT2D eigenvalue weighted by Gasteiger charge is 2.34. The van der Waals surface area contributed by atoms with Crippen LogP contribution in [-0.4, -0.2) is 25.3 Å². The van der Waals surface area contributed by atoms with Crippen molar-refractivity contribution in [1.29, 1.82) is 0 Å². The molecule has 1 aromatic heterocycles. The van der Waals surface area contributed by atoms with Crippen LogP contribution in [0.2, 0.25) is 0 Å². The summed E-state index contributed by atoms with van der Waals surface area (Å²) in [6.45, 7) is 5.55. The van der Waals surface area contributed by atoms with E-state index in [-0.39, 0.29) is 12.1 Å². The molecule has 2 atom stereocenters. The van der Waals surface area contributed by atoms with Gasteiger partial charge in [0.05, 0.1) is 23.5 Å². The number of hydrogen-bond donors (Lipinski definition) is 3. The van der Waals surface area contributed by atoms with Crippen LogP contribution >= 0.6 is 23.1 Å². The molecule has 0 aliphatic carbocycles. The van der Waals surface area contributed by atoms with Crippen LogP contribution in [0.1, 0.15) is 39.5 Å². The van der Waals surface area contributed by atoms with E-state index in [1.165, 1.54) is 15.3 Å². The van der Waals surface area contributed by atoms with Crippen molar-refractivity contribution in [2.24, 2.45) is 0 Å². The van der Waals surface area contributed by atoms with Crippen LogP contribution in [0, 0.1) is 0 Å². The molecule has 1 unspecified atom stereocenters. The van der Waals surface area contributed by atoms with Gasteiger partial charge in [-0.3, -0.25) is 4.79 Å². The van der Waals surface area contributed by atoms with Gasteiger partial charge in [0, 0.05) is 11.3 Å². The minimum atomic E-state index is -0.143. The highest BCUT2D eigenvalue weighted by molar-refractivity contribution is 7.98. The molecule has 3 N–H and O–H groups in total. The van der Waals surface area contributed by atoms with Gasteiger partial charge in [0.25, 0.3) is 5.91 Å². The second kappa shape index (κ2) is 6.43. The maximum absolute atomic E-state index is 12.7. The third-order valence-corrected chi connectivity index (χ3v) is 6.86. The number of nitrogens with one attached hydrogen (secondary N) is 3. The maximum Gasteiger partial charge on any atom is 0.256 e. The van der Waals surface area contributed by atoms with E-state index in [0.717, 1.165) is 42.2 Å². The molecule has 24 heavy (non-hydrogen) atoms. The Kier molecular flexibility index (Phi) is 4.28. The van der Waals surface area contributed by atoms with Crippen LogP contribution in [0.4, 0.5) is 5.00 Å². The molecule has 3 heterocycles. The van der Waals surface area contributed by atoms with Crippen LogP contribution < -0.4 is 15.5 Å². The van der Waals surface area contributed by atoms with E-state index in [4.69, 9.17) is 0 Å². The summed E-state index contributed by atoms with van der Waals surface area (Å²) in [4.78, 5) is 16.9. The number of quaternary nitrogens is 1. The number of rotatable bonds is 3. The lowest BCUT2D eigenvalue weighted by molar-refractivity contribution is -0.913. The van der Waals surface area contributed by atoms with Crippen LogP contribution in [0.25, 0.3) is 0 Å². The lowest BCUT2D eigenvalue weighted by Gasteiger charge is -2.27. The zero-order valence-corrected chi connectivity index (χ0v) is 15.6. The fourth-order valence-corrected chi connectivity index (χ4v) is 5.27. The number of fused-ring (bicyclic) bond motifs is 3. The molecule has 1 amide bonds. The predicted molar refractivity (Wildman–Crippen MR) is 100 cm³/mol. The Morgan fingerprint density at radius 3 is 2.79 bits per heavy atom. The number of carbonyl (C=O) groups is 1. The van der Waals surface area contributed by atoms with E-state index in [2.05, 4.69) is 48.1 Å². The number of hydrogen-bond acceptors (Lipinski definition) is 4. The van der Waals surface area contributed by atoms with Crippen molar-refractivity contribution in [3.63, 3.8) is 0 Å². The summed E-state index contributed by atoms with van der Waals surface area (Å²) < 4.78 is 0. The zero-order valence-electron chi connectivity index (χ0n) is 13.9. The molecular formula is C18H22N3OS2+. The topological polar surface area (TPSA) is 45.6 Å². The Morgan fingerprint density at radius 1 is 1.29 bits per heavy atom. The Hall–Kier alpha value is -1.50. The van der Waals surface area contributed by atoms with E-state index < -0.39 is 0 Å². The Balaban J connectivity index is 1.63. The van der Waals surface area contributed by atoms with Crippen LogP contribution in [0.15, 0.2) is 29.2 Å². The van der Waals surface area contributed by atoms with Crippen molar-refractivity contribution in [2.75, 3.05) is 24.7 Å². The number of amides is 1. The van der Waals surface area contributed by atoms with E-state index in [1.807, 2.05) is 0 Å². The Morgan fingerprint density at radius 2 is 2.08 bits per heavy atom. The molecule has 0 bridgehead atoms. The van der Waals surface area contributed by atoms with Gasteiger partial charge in [-0.2, -0.15) is 0 Å². The monoisotopic (exact) mass is 360 g/mol. The Bertz CT molecular complexity index is 769. The highest BCUT2D eigenvalue weighted by atomic mass is 32.2. The predicted octanol–water partition coefficient (Wildman–Crippen LogP) is 2.29. The molecule has 2 aromatic rings. The van der Waals surface area contributed by atoms with E-state index >= 15 is 0 Å². The van der Waals surface area contributed by atoms with Gasteiger partial charge >= 0.3 is 0 Å². The SMILES string of the molecule is CC[NH+]1CCc2c(sc3c2C(=O)N[C@H](c2ccc(SC)cc2)N3)C1. The van der Waals surface area contributed by atoms with Crippen LogP contribution in [0.5, 0.6) is 0 Å². The van der Waals surface area contributed by atoms with Gasteiger partial charge in [-0.25, -0.2) is 0 Å². The number of benzene rings is 1. The molecule has 0 saturated carbocycles. The van der Waals surface area contributed by atoms with E-state index in [9.17, 15) is 4.79 Å². The second-order valence-corrected chi connectivity index (χ2v) is 8.30. The van der Waals surface area contributed by atoms with Crippen molar-refractivity contribution in [3.05, 3.63) is 45.8 Å². The first kappa shape index (κ1) is 16.0. The normalized spacial score (nSPS) is 22.3. The number of likely N-dealkylation sites (N-methyl/N-ethyl adjacent to an activating group) is 1. The van der Waals surface area contributed by atoms with E-state index in [0.29, 0.717) is 0 Å². The van der Waals surface area contributed by atoms with Crippen molar-refractivity contribution in [3.8, 4) is 0 Å². The van der Waals surface area contributed by atoms with E-state index in [1.54, 1.807) is 28.0 Å². The lowest BCUT2D eigenvalue weighted by atomic mass is 10.0. The molecule has 4 nitrogen and oxygen atoms in total. The van der Waals surface area contributed by atoms with Gasteiger partial charge in [-0.05, 0) is 36.4 Å². The zero-order chi connectivity index (χ0) is 16.7. The summed E-state index contributed by atoms with van der Waals surface area (Å²) >= 11 is 3.50. The number of thioether (sulfide) groups is 1. The van der Waals surface area contributed by atoms with Gasteiger partial charge in [0.2, 0.25) is 0 Å². The van der Waals surface area contributed by atoms with Gasteiger partial charge in [0.1, 0.15) is 17.7 Å². The third-order valence-electron chi connectivity index (χ3n) is 4.96. The van der Waals surface area contributed by atoms with Gasteiger partial charge < -0.3 is 15.5 Å². The highest BCUT2D eigenvalue weighted by Crippen LogP contribution is 2.39. The first-order valence-electron chi connectivity index (χ1n) is 8.39. The molecule has 2 aliphatic heterocycles. The molecule has 6 heteroatoms. The maximum atomic E-state index is 12.7. The van der Waals surface area contributed by atoms with Gasteiger partial charge in [0.15, 0.2) is 0 Å². The fraction of sp³-hybridized carbons (Fsp3) is 0.389. The minimum Gasteiger partial charge on any atom is -0.353 e. The quantitative estimate of drug-likeness (QED) is 0.736. The third kappa shape index (κ3) is 2.72. The minimum absolute atomic E-state index is 0.0696. The van der Waals surface area contributed by atoms with Crippen LogP contribution in [-0.2, 0) is 13.0 Å². The molecule has 0 fully saturated rings. The lowest BCUT2D eigenvalue weighted by Crippen LogP contribution is -3.11. The molecule has 4 rings (SSSR count). The standard InChI is InChI=1S/C18H21N3OS2/c1-3-21-9-8-13-14(10-21)24-18-15(13)17(22)19-16(20-18)11-4-6-12(23-2)7-5-11/h4-7,16,20H,3,8-10H2,1-2H3,(H,19,22)/p+1/t16-/m0/s1. The number of anilines is 1. The smallest absolute Gasteiger partial charge is 0.256 e. The molecule has 0 radical (unpaired) electrons. The van der Waals surface area contributed by atoms with Gasteiger partial charge in [-0.15, -0.1) is 23.1 Å². The van der Waals surface area contributed by atoms with Crippen molar-refractivity contribution in [1.82, 2.24) is 5.32 Å². The number of carbonyl (C=O) groups excluding carboxylic acids is 1. The van der Waals surface area contributed by atoms with Crippen molar-refractivity contribution < 1.29 is 9.69 Å². The Labute approximate surface area is 150 Å². The molecule has 0 saturated heterocycles. The summed E-state index contributed by atoms with van der Waals surface area (Å²) in [5.41, 5.74) is 3.26. The van der Waals surface area contributed by atoms with Gasteiger partial charge in [-0.1, -0.05) is 12.1 Å². The molecule has 126 valence electrons. The largest absolute Gasteiger partial charge is 0.353 e. The first-order valence-corrected chi connectivity index (χ1v) is 10.4. The van der Waals surface area contributed by atoms with Crippen molar-refractivity contribution >= 4 is 34.0 Å². The second-order valence-electron chi connectivity index (χ2n) is 6.31. The number of thiophene rings is 1. The fourth-order valence-electron chi connectivity index (χ4n) is 3.51. The molecule has 1 aromatic carbocycles. The average molecular weight is 361 g/mol. The first-order chi connectivity index (χ1) is 11.7. The van der Waals surface area contributed by atoms with Crippen molar-refractivity contribution in [2.45, 2.75) is 31.0 Å². The summed E-state index contributed by atoms with van der Waals surface area (Å²) in [6.07, 6.45) is 2.93. The molecule has 2 aliphatic rings. The summed E-state index contributed by atoms with van der Waals surface area (Å²) in [5.74, 6) is 0.0696. The molecule has 0 spiro atoms.